The summed E-state index contributed by atoms with van der Waals surface area (Å²) in [5.74, 6) is 0.123. The van der Waals surface area contributed by atoms with Gasteiger partial charge in [0.1, 0.15) is 0 Å². The van der Waals surface area contributed by atoms with Gasteiger partial charge in [0.15, 0.2) is 0 Å². The number of amides is 1. The van der Waals surface area contributed by atoms with Gasteiger partial charge in [-0.3, -0.25) is 4.79 Å². The van der Waals surface area contributed by atoms with Gasteiger partial charge in [-0.25, -0.2) is 0 Å². The average Bonchev–Trinajstić information content (AvgIpc) is 3.20. The second-order valence-corrected chi connectivity index (χ2v) is 7.54. The number of hydrogen-bond acceptors (Lipinski definition) is 3. The van der Waals surface area contributed by atoms with Crippen LogP contribution in [-0.2, 0) is 0 Å². The lowest BCUT2D eigenvalue weighted by Gasteiger charge is -2.15. The fourth-order valence-electron chi connectivity index (χ4n) is 3.29. The third-order valence-corrected chi connectivity index (χ3v) is 5.93. The van der Waals surface area contributed by atoms with Gasteiger partial charge >= 0.3 is 0 Å². The lowest BCUT2D eigenvalue weighted by atomic mass is 10.1. The Morgan fingerprint density at radius 1 is 1.17 bits per heavy atom. The summed E-state index contributed by atoms with van der Waals surface area (Å²) in [7, 11) is 0. The molecule has 1 aromatic heterocycles. The van der Waals surface area contributed by atoms with E-state index in [2.05, 4.69) is 48.5 Å². The van der Waals surface area contributed by atoms with E-state index in [9.17, 15) is 4.79 Å². The third kappa shape index (κ3) is 2.72. The van der Waals surface area contributed by atoms with E-state index in [-0.39, 0.29) is 11.9 Å². The number of likely N-dealkylation sites (tertiary alicyclic amines) is 1. The molecular formula is C20H20N2OS. The summed E-state index contributed by atoms with van der Waals surface area (Å²) in [6, 6.07) is 17.1. The van der Waals surface area contributed by atoms with Crippen LogP contribution in [0.4, 0.5) is 0 Å². The Balaban J connectivity index is 1.68. The van der Waals surface area contributed by atoms with Crippen molar-refractivity contribution in [2.24, 2.45) is 5.73 Å². The second kappa shape index (κ2) is 6.04. The second-order valence-electron chi connectivity index (χ2n) is 6.48. The molecule has 0 radical (unpaired) electrons. The van der Waals surface area contributed by atoms with Gasteiger partial charge in [0, 0.05) is 24.0 Å². The zero-order valence-electron chi connectivity index (χ0n) is 13.7. The number of nitrogens with two attached hydrogens (primary N) is 1. The Bertz CT molecular complexity index is 915. The normalized spacial score (nSPS) is 17.6. The number of benzene rings is 2. The lowest BCUT2D eigenvalue weighted by molar-refractivity contribution is 0.0795. The molecule has 1 fully saturated rings. The Hall–Kier alpha value is -2.17. The van der Waals surface area contributed by atoms with E-state index in [1.807, 2.05) is 11.8 Å². The van der Waals surface area contributed by atoms with E-state index in [1.165, 1.54) is 16.3 Å². The fraction of sp³-hybridized carbons (Fsp3) is 0.250. The molecule has 4 heteroatoms. The Kier molecular flexibility index (Phi) is 3.87. The van der Waals surface area contributed by atoms with Crippen LogP contribution in [0.3, 0.4) is 0 Å². The Morgan fingerprint density at radius 3 is 2.71 bits per heavy atom. The minimum absolute atomic E-state index is 0.120. The van der Waals surface area contributed by atoms with Crippen molar-refractivity contribution in [1.29, 1.82) is 0 Å². The van der Waals surface area contributed by atoms with E-state index in [1.54, 1.807) is 11.3 Å². The van der Waals surface area contributed by atoms with E-state index in [0.29, 0.717) is 6.54 Å². The van der Waals surface area contributed by atoms with Gasteiger partial charge in [-0.2, -0.15) is 0 Å². The molecule has 0 unspecified atom stereocenters. The average molecular weight is 336 g/mol. The van der Waals surface area contributed by atoms with E-state index < -0.39 is 0 Å². The molecule has 1 atom stereocenters. The molecule has 0 saturated carbocycles. The smallest absolute Gasteiger partial charge is 0.264 e. The lowest BCUT2D eigenvalue weighted by Crippen LogP contribution is -2.31. The van der Waals surface area contributed by atoms with Gasteiger partial charge in [0.25, 0.3) is 5.91 Å². The predicted molar refractivity (Wildman–Crippen MR) is 100 cm³/mol. The van der Waals surface area contributed by atoms with Gasteiger partial charge in [0.2, 0.25) is 0 Å². The fourth-order valence-corrected chi connectivity index (χ4v) is 4.43. The van der Waals surface area contributed by atoms with Crippen molar-refractivity contribution in [3.63, 3.8) is 0 Å². The maximum Gasteiger partial charge on any atom is 0.264 e. The topological polar surface area (TPSA) is 46.3 Å². The minimum Gasteiger partial charge on any atom is -0.336 e. The van der Waals surface area contributed by atoms with Gasteiger partial charge < -0.3 is 10.6 Å². The van der Waals surface area contributed by atoms with Crippen LogP contribution >= 0.6 is 11.3 Å². The van der Waals surface area contributed by atoms with E-state index in [0.717, 1.165) is 28.3 Å². The van der Waals surface area contributed by atoms with Crippen molar-refractivity contribution >= 4 is 28.0 Å². The summed E-state index contributed by atoms with van der Waals surface area (Å²) in [6.07, 6.45) is 0.897. The number of hydrogen-bond donors (Lipinski definition) is 1. The van der Waals surface area contributed by atoms with Crippen LogP contribution in [0.2, 0.25) is 0 Å². The predicted octanol–water partition coefficient (Wildman–Crippen LogP) is 4.05. The molecule has 122 valence electrons. The van der Waals surface area contributed by atoms with Gasteiger partial charge in [-0.05, 0) is 47.4 Å². The van der Waals surface area contributed by atoms with Crippen LogP contribution in [0, 0.1) is 6.92 Å². The summed E-state index contributed by atoms with van der Waals surface area (Å²) < 4.78 is 0. The first-order valence-electron chi connectivity index (χ1n) is 8.26. The zero-order chi connectivity index (χ0) is 16.7. The van der Waals surface area contributed by atoms with Crippen molar-refractivity contribution < 1.29 is 4.79 Å². The van der Waals surface area contributed by atoms with Gasteiger partial charge in [-0.15, -0.1) is 11.3 Å². The minimum atomic E-state index is 0.120. The molecule has 2 N–H and O–H groups in total. The zero-order valence-corrected chi connectivity index (χ0v) is 14.5. The number of carbonyl (C=O) groups is 1. The molecular weight excluding hydrogens is 316 g/mol. The summed E-state index contributed by atoms with van der Waals surface area (Å²) >= 11 is 1.59. The number of fused-ring (bicyclic) bond motifs is 1. The molecule has 1 aliphatic heterocycles. The maximum atomic E-state index is 12.8. The quantitative estimate of drug-likeness (QED) is 0.767. The summed E-state index contributed by atoms with van der Waals surface area (Å²) in [4.78, 5) is 16.6. The van der Waals surface area contributed by atoms with Crippen LogP contribution in [0.1, 0.15) is 21.7 Å². The third-order valence-electron chi connectivity index (χ3n) is 4.66. The monoisotopic (exact) mass is 336 g/mol. The van der Waals surface area contributed by atoms with Crippen LogP contribution < -0.4 is 5.73 Å². The number of carbonyl (C=O) groups excluding carboxylic acids is 1. The molecule has 1 saturated heterocycles. The number of thiophene rings is 1. The highest BCUT2D eigenvalue weighted by molar-refractivity contribution is 7.17. The molecule has 2 aromatic carbocycles. The molecule has 3 aromatic rings. The standard InChI is InChI=1S/C20H20N2OS/c1-13-10-18(16-7-6-14-4-2-3-5-15(14)11-16)24-19(13)20(23)22-9-8-17(21)12-22/h2-7,10-11,17H,8-9,12,21H2,1H3/t17-/m0/s1. The molecule has 24 heavy (non-hydrogen) atoms. The molecule has 0 aliphatic carbocycles. The van der Waals surface area contributed by atoms with Crippen molar-refractivity contribution in [3.05, 3.63) is 59.0 Å². The van der Waals surface area contributed by atoms with Crippen molar-refractivity contribution in [2.45, 2.75) is 19.4 Å². The molecule has 1 aliphatic rings. The first-order valence-corrected chi connectivity index (χ1v) is 9.08. The highest BCUT2D eigenvalue weighted by Gasteiger charge is 2.26. The highest BCUT2D eigenvalue weighted by atomic mass is 32.1. The number of nitrogens with zero attached hydrogens (tertiary/aromatic N) is 1. The molecule has 1 amide bonds. The number of rotatable bonds is 2. The molecule has 3 nitrogen and oxygen atoms in total. The van der Waals surface area contributed by atoms with Crippen molar-refractivity contribution in [3.8, 4) is 10.4 Å². The van der Waals surface area contributed by atoms with Crippen LogP contribution in [0.15, 0.2) is 48.5 Å². The summed E-state index contributed by atoms with van der Waals surface area (Å²) in [5.41, 5.74) is 8.15. The first kappa shape index (κ1) is 15.4. The molecule has 2 heterocycles. The summed E-state index contributed by atoms with van der Waals surface area (Å²) in [6.45, 7) is 3.45. The maximum absolute atomic E-state index is 12.8. The SMILES string of the molecule is Cc1cc(-c2ccc3ccccc3c2)sc1C(=O)N1CC[C@H](N)C1. The van der Waals surface area contributed by atoms with Crippen molar-refractivity contribution in [1.82, 2.24) is 4.90 Å². The van der Waals surface area contributed by atoms with Crippen molar-refractivity contribution in [2.75, 3.05) is 13.1 Å². The molecule has 0 spiro atoms. The Morgan fingerprint density at radius 2 is 1.96 bits per heavy atom. The van der Waals surface area contributed by atoms with Crippen LogP contribution in [-0.4, -0.2) is 29.9 Å². The highest BCUT2D eigenvalue weighted by Crippen LogP contribution is 2.34. The van der Waals surface area contributed by atoms with E-state index in [4.69, 9.17) is 5.73 Å². The summed E-state index contributed by atoms with van der Waals surface area (Å²) in [5, 5.41) is 2.45. The van der Waals surface area contributed by atoms with Crippen LogP contribution in [0.5, 0.6) is 0 Å². The van der Waals surface area contributed by atoms with E-state index >= 15 is 0 Å². The largest absolute Gasteiger partial charge is 0.336 e. The molecule has 4 rings (SSSR count). The van der Waals surface area contributed by atoms with Crippen LogP contribution in [0.25, 0.3) is 21.2 Å². The number of aryl methyl sites for hydroxylation is 1. The Labute approximate surface area is 145 Å². The van der Waals surface area contributed by atoms with Gasteiger partial charge in [-0.1, -0.05) is 36.4 Å². The first-order chi connectivity index (χ1) is 11.6. The molecule has 0 bridgehead atoms. The van der Waals surface area contributed by atoms with Gasteiger partial charge in [0.05, 0.1) is 4.88 Å².